The third-order valence-electron chi connectivity index (χ3n) is 5.87. The molecule has 1 aromatic heterocycles. The standard InChI is InChI=1S/C26H23N3O2S/c27-24(30)23-21-12-13-29(15-17-6-2-1-3-7-17)16-22(21)32-26(23)28-25(31)20-11-10-18-8-4-5-9-19(18)14-20/h1-11,14H,12-13,15-16H2,(H2,27,30)(H,28,31). The number of thiophene rings is 1. The molecule has 3 aromatic carbocycles. The smallest absolute Gasteiger partial charge is 0.256 e. The summed E-state index contributed by atoms with van der Waals surface area (Å²) < 4.78 is 0. The van der Waals surface area contributed by atoms with Crippen molar-refractivity contribution >= 4 is 38.9 Å². The van der Waals surface area contributed by atoms with Gasteiger partial charge in [-0.05, 0) is 40.5 Å². The molecule has 0 spiro atoms. The van der Waals surface area contributed by atoms with E-state index in [2.05, 4.69) is 22.3 Å². The van der Waals surface area contributed by atoms with Gasteiger partial charge in [0.25, 0.3) is 11.8 Å². The third kappa shape index (κ3) is 4.02. The summed E-state index contributed by atoms with van der Waals surface area (Å²) in [6.45, 7) is 2.43. The van der Waals surface area contributed by atoms with E-state index in [1.807, 2.05) is 54.6 Å². The third-order valence-corrected chi connectivity index (χ3v) is 7.00. The van der Waals surface area contributed by atoms with Crippen molar-refractivity contribution in [3.05, 3.63) is 99.9 Å². The maximum absolute atomic E-state index is 13.0. The van der Waals surface area contributed by atoms with Crippen molar-refractivity contribution < 1.29 is 9.59 Å². The lowest BCUT2D eigenvalue weighted by Gasteiger charge is -2.27. The van der Waals surface area contributed by atoms with Gasteiger partial charge in [-0.25, -0.2) is 0 Å². The number of nitrogens with zero attached hydrogens (tertiary/aromatic N) is 1. The molecule has 0 radical (unpaired) electrons. The zero-order valence-electron chi connectivity index (χ0n) is 17.5. The predicted molar refractivity (Wildman–Crippen MR) is 129 cm³/mol. The van der Waals surface area contributed by atoms with Crippen LogP contribution in [0.1, 0.15) is 36.7 Å². The highest BCUT2D eigenvalue weighted by molar-refractivity contribution is 7.17. The van der Waals surface area contributed by atoms with Crippen LogP contribution in [0, 0.1) is 0 Å². The normalized spacial score (nSPS) is 13.6. The van der Waals surface area contributed by atoms with Crippen LogP contribution in [0.4, 0.5) is 5.00 Å². The van der Waals surface area contributed by atoms with E-state index >= 15 is 0 Å². The molecule has 0 aliphatic carbocycles. The topological polar surface area (TPSA) is 75.4 Å². The second kappa shape index (κ2) is 8.57. The molecular weight excluding hydrogens is 418 g/mol. The molecule has 3 N–H and O–H groups in total. The molecular formula is C26H23N3O2S. The molecule has 160 valence electrons. The second-order valence-electron chi connectivity index (χ2n) is 8.03. The zero-order valence-corrected chi connectivity index (χ0v) is 18.3. The fourth-order valence-electron chi connectivity index (χ4n) is 4.29. The van der Waals surface area contributed by atoms with Gasteiger partial charge >= 0.3 is 0 Å². The average Bonchev–Trinajstić information content (AvgIpc) is 3.16. The van der Waals surface area contributed by atoms with Crippen molar-refractivity contribution in [2.24, 2.45) is 5.73 Å². The van der Waals surface area contributed by atoms with Gasteiger partial charge in [-0.1, -0.05) is 60.7 Å². The maximum Gasteiger partial charge on any atom is 0.256 e. The first-order chi connectivity index (χ1) is 15.6. The molecule has 32 heavy (non-hydrogen) atoms. The van der Waals surface area contributed by atoms with Crippen LogP contribution in [0.3, 0.4) is 0 Å². The molecule has 0 unspecified atom stereocenters. The van der Waals surface area contributed by atoms with Gasteiger partial charge in [-0.15, -0.1) is 11.3 Å². The molecule has 5 nitrogen and oxygen atoms in total. The molecule has 0 bridgehead atoms. The Kier molecular flexibility index (Phi) is 5.47. The van der Waals surface area contributed by atoms with E-state index in [4.69, 9.17) is 5.73 Å². The molecule has 4 aromatic rings. The molecule has 6 heteroatoms. The molecule has 0 fully saturated rings. The van der Waals surface area contributed by atoms with E-state index in [0.29, 0.717) is 16.1 Å². The van der Waals surface area contributed by atoms with Crippen LogP contribution in [0.25, 0.3) is 10.8 Å². The number of amides is 2. The highest BCUT2D eigenvalue weighted by atomic mass is 32.1. The molecule has 1 aliphatic heterocycles. The molecule has 5 rings (SSSR count). The van der Waals surface area contributed by atoms with E-state index in [-0.39, 0.29) is 5.91 Å². The van der Waals surface area contributed by atoms with E-state index in [1.165, 1.54) is 16.9 Å². The molecule has 0 saturated carbocycles. The molecule has 0 atom stereocenters. The summed E-state index contributed by atoms with van der Waals surface area (Å²) in [5, 5.41) is 5.57. The summed E-state index contributed by atoms with van der Waals surface area (Å²) in [4.78, 5) is 28.7. The highest BCUT2D eigenvalue weighted by Crippen LogP contribution is 2.37. The van der Waals surface area contributed by atoms with Crippen molar-refractivity contribution in [3.8, 4) is 0 Å². The zero-order chi connectivity index (χ0) is 22.1. The van der Waals surface area contributed by atoms with Crippen LogP contribution in [0.5, 0.6) is 0 Å². The van der Waals surface area contributed by atoms with Crippen LogP contribution in [-0.4, -0.2) is 23.3 Å². The summed E-state index contributed by atoms with van der Waals surface area (Å²) in [6, 6.07) is 23.8. The SMILES string of the molecule is NC(=O)c1c(NC(=O)c2ccc3ccccc3c2)sc2c1CCN(Cc1ccccc1)C2. The summed E-state index contributed by atoms with van der Waals surface area (Å²) in [6.07, 6.45) is 0.739. The number of nitrogens with two attached hydrogens (primary N) is 1. The van der Waals surface area contributed by atoms with Crippen LogP contribution in [-0.2, 0) is 19.5 Å². The van der Waals surface area contributed by atoms with Crippen LogP contribution in [0.2, 0.25) is 0 Å². The second-order valence-corrected chi connectivity index (χ2v) is 9.14. The summed E-state index contributed by atoms with van der Waals surface area (Å²) in [7, 11) is 0. The molecule has 1 aliphatic rings. The average molecular weight is 442 g/mol. The fourth-order valence-corrected chi connectivity index (χ4v) is 5.58. The highest BCUT2D eigenvalue weighted by Gasteiger charge is 2.28. The number of hydrogen-bond donors (Lipinski definition) is 2. The molecule has 0 saturated heterocycles. The molecule has 2 amide bonds. The summed E-state index contributed by atoms with van der Waals surface area (Å²) >= 11 is 1.46. The van der Waals surface area contributed by atoms with E-state index < -0.39 is 5.91 Å². The first-order valence-corrected chi connectivity index (χ1v) is 11.4. The van der Waals surface area contributed by atoms with E-state index in [0.717, 1.165) is 47.3 Å². The Hall–Kier alpha value is -3.48. The Bertz CT molecular complexity index is 1310. The van der Waals surface area contributed by atoms with Crippen molar-refractivity contribution in [3.63, 3.8) is 0 Å². The van der Waals surface area contributed by atoms with Crippen molar-refractivity contribution in [1.29, 1.82) is 0 Å². The lowest BCUT2D eigenvalue weighted by Crippen LogP contribution is -2.30. The van der Waals surface area contributed by atoms with Gasteiger partial charge in [0.2, 0.25) is 0 Å². The number of primary amides is 1. The quantitative estimate of drug-likeness (QED) is 0.467. The first kappa shape index (κ1) is 20.4. The van der Waals surface area contributed by atoms with Crippen LogP contribution >= 0.6 is 11.3 Å². The Morgan fingerprint density at radius 2 is 1.72 bits per heavy atom. The largest absolute Gasteiger partial charge is 0.365 e. The monoisotopic (exact) mass is 441 g/mol. The number of benzene rings is 3. The van der Waals surface area contributed by atoms with Gasteiger partial charge in [0.1, 0.15) is 5.00 Å². The minimum absolute atomic E-state index is 0.238. The minimum Gasteiger partial charge on any atom is -0.365 e. The number of rotatable bonds is 5. The first-order valence-electron chi connectivity index (χ1n) is 10.6. The van der Waals surface area contributed by atoms with Gasteiger partial charge in [-0.3, -0.25) is 14.5 Å². The summed E-state index contributed by atoms with van der Waals surface area (Å²) in [5.41, 5.74) is 8.97. The van der Waals surface area contributed by atoms with Crippen molar-refractivity contribution in [2.45, 2.75) is 19.5 Å². The van der Waals surface area contributed by atoms with Gasteiger partial charge in [-0.2, -0.15) is 0 Å². The Morgan fingerprint density at radius 3 is 2.50 bits per heavy atom. The van der Waals surface area contributed by atoms with Gasteiger partial charge in [0.15, 0.2) is 0 Å². The lowest BCUT2D eigenvalue weighted by molar-refractivity contribution is 0.0999. The Balaban J connectivity index is 1.39. The van der Waals surface area contributed by atoms with Crippen molar-refractivity contribution in [1.82, 2.24) is 4.90 Å². The Labute approximate surface area is 190 Å². The van der Waals surface area contributed by atoms with E-state index in [1.54, 1.807) is 6.07 Å². The minimum atomic E-state index is -0.493. The summed E-state index contributed by atoms with van der Waals surface area (Å²) in [5.74, 6) is -0.731. The van der Waals surface area contributed by atoms with Crippen molar-refractivity contribution in [2.75, 3.05) is 11.9 Å². The number of hydrogen-bond acceptors (Lipinski definition) is 4. The number of anilines is 1. The lowest BCUT2D eigenvalue weighted by atomic mass is 10.0. The van der Waals surface area contributed by atoms with Gasteiger partial charge in [0.05, 0.1) is 5.56 Å². The van der Waals surface area contributed by atoms with Crippen LogP contribution < -0.4 is 11.1 Å². The van der Waals surface area contributed by atoms with Crippen LogP contribution in [0.15, 0.2) is 72.8 Å². The molecule has 2 heterocycles. The number of fused-ring (bicyclic) bond motifs is 2. The Morgan fingerprint density at radius 1 is 0.969 bits per heavy atom. The maximum atomic E-state index is 13.0. The fraction of sp³-hybridized carbons (Fsp3) is 0.154. The van der Waals surface area contributed by atoms with E-state index in [9.17, 15) is 9.59 Å². The van der Waals surface area contributed by atoms with Gasteiger partial charge < -0.3 is 11.1 Å². The van der Waals surface area contributed by atoms with Gasteiger partial charge in [0, 0.05) is 30.1 Å². The predicted octanol–water partition coefficient (Wildman–Crippen LogP) is 4.81. The number of nitrogens with one attached hydrogen (secondary N) is 1. The number of carbonyl (C=O) groups is 2. The number of carbonyl (C=O) groups excluding carboxylic acids is 2.